The topological polar surface area (TPSA) is 67.7 Å². The second-order valence-corrected chi connectivity index (χ2v) is 7.86. The zero-order valence-corrected chi connectivity index (χ0v) is 15.4. The number of amides is 2. The number of ether oxygens (including phenoxy) is 1. The molecule has 0 aromatic carbocycles. The first kappa shape index (κ1) is 17.9. The van der Waals surface area contributed by atoms with Crippen LogP contribution in [-0.2, 0) is 16.7 Å². The Kier molecular flexibility index (Phi) is 5.13. The lowest BCUT2D eigenvalue weighted by molar-refractivity contribution is 0.0414. The molecule has 0 N–H and O–H groups in total. The standard InChI is InChI=1S/C18H28N4O3/c1-18(2,3)15-6-7-16(23)22(19-15)13-14-5-4-8-21(14)17(24)20-9-11-25-12-10-20/h6-7,14H,4-5,8-13H2,1-3H3. The van der Waals surface area contributed by atoms with Crippen molar-refractivity contribution >= 4 is 6.03 Å². The normalized spacial score (nSPS) is 21.6. The zero-order valence-electron chi connectivity index (χ0n) is 15.4. The van der Waals surface area contributed by atoms with Crippen LogP contribution in [0.2, 0.25) is 0 Å². The summed E-state index contributed by atoms with van der Waals surface area (Å²) in [5.74, 6) is 0. The largest absolute Gasteiger partial charge is 0.378 e. The van der Waals surface area contributed by atoms with Crippen molar-refractivity contribution in [1.29, 1.82) is 0 Å². The fourth-order valence-electron chi connectivity index (χ4n) is 3.39. The molecule has 0 radical (unpaired) electrons. The van der Waals surface area contributed by atoms with Gasteiger partial charge in [-0.1, -0.05) is 20.8 Å². The molecule has 3 rings (SSSR count). The fraction of sp³-hybridized carbons (Fsp3) is 0.722. The number of rotatable bonds is 2. The number of likely N-dealkylation sites (tertiary alicyclic amines) is 1. The Bertz CT molecular complexity index is 674. The monoisotopic (exact) mass is 348 g/mol. The summed E-state index contributed by atoms with van der Waals surface area (Å²) < 4.78 is 6.85. The Morgan fingerprint density at radius 3 is 2.64 bits per heavy atom. The number of hydrogen-bond acceptors (Lipinski definition) is 4. The molecule has 2 aliphatic heterocycles. The lowest BCUT2D eigenvalue weighted by Gasteiger charge is -2.34. The lowest BCUT2D eigenvalue weighted by Crippen LogP contribution is -2.51. The van der Waals surface area contributed by atoms with Crippen LogP contribution in [0.4, 0.5) is 4.79 Å². The minimum atomic E-state index is -0.117. The van der Waals surface area contributed by atoms with Gasteiger partial charge in [-0.2, -0.15) is 5.10 Å². The van der Waals surface area contributed by atoms with Gasteiger partial charge in [0.2, 0.25) is 0 Å². The van der Waals surface area contributed by atoms with Crippen molar-refractivity contribution in [2.24, 2.45) is 0 Å². The third kappa shape index (κ3) is 4.03. The molecule has 7 heteroatoms. The molecule has 25 heavy (non-hydrogen) atoms. The molecular formula is C18H28N4O3. The molecule has 1 aromatic heterocycles. The third-order valence-corrected chi connectivity index (χ3v) is 4.92. The molecule has 1 aromatic rings. The van der Waals surface area contributed by atoms with Gasteiger partial charge in [0, 0.05) is 31.1 Å². The highest BCUT2D eigenvalue weighted by Gasteiger charge is 2.33. The van der Waals surface area contributed by atoms with Crippen LogP contribution in [-0.4, -0.2) is 64.5 Å². The summed E-state index contributed by atoms with van der Waals surface area (Å²) in [6, 6.07) is 3.46. The summed E-state index contributed by atoms with van der Waals surface area (Å²) in [7, 11) is 0. The van der Waals surface area contributed by atoms with Gasteiger partial charge in [0.1, 0.15) is 0 Å². The number of hydrogen-bond donors (Lipinski definition) is 0. The van der Waals surface area contributed by atoms with Gasteiger partial charge in [-0.25, -0.2) is 9.48 Å². The quantitative estimate of drug-likeness (QED) is 0.811. The molecule has 0 aliphatic carbocycles. The fourth-order valence-corrected chi connectivity index (χ4v) is 3.39. The molecule has 2 amide bonds. The van der Waals surface area contributed by atoms with Crippen LogP contribution in [0.15, 0.2) is 16.9 Å². The van der Waals surface area contributed by atoms with Gasteiger partial charge in [0.15, 0.2) is 0 Å². The van der Waals surface area contributed by atoms with E-state index in [0.29, 0.717) is 32.8 Å². The van der Waals surface area contributed by atoms with Crippen molar-refractivity contribution in [3.8, 4) is 0 Å². The van der Waals surface area contributed by atoms with Crippen molar-refractivity contribution in [2.75, 3.05) is 32.8 Å². The van der Waals surface area contributed by atoms with E-state index in [9.17, 15) is 9.59 Å². The number of nitrogens with zero attached hydrogens (tertiary/aromatic N) is 4. The minimum absolute atomic E-state index is 0.0239. The Hall–Kier alpha value is -1.89. The second kappa shape index (κ2) is 7.15. The van der Waals surface area contributed by atoms with E-state index in [4.69, 9.17) is 4.74 Å². The smallest absolute Gasteiger partial charge is 0.320 e. The van der Waals surface area contributed by atoms with Crippen molar-refractivity contribution in [2.45, 2.75) is 51.6 Å². The van der Waals surface area contributed by atoms with Crippen molar-refractivity contribution < 1.29 is 9.53 Å². The van der Waals surface area contributed by atoms with Gasteiger partial charge >= 0.3 is 6.03 Å². The molecule has 3 heterocycles. The molecule has 2 saturated heterocycles. The van der Waals surface area contributed by atoms with E-state index in [0.717, 1.165) is 25.1 Å². The molecule has 0 bridgehead atoms. The van der Waals surface area contributed by atoms with Crippen LogP contribution in [0.1, 0.15) is 39.3 Å². The zero-order chi connectivity index (χ0) is 18.0. The van der Waals surface area contributed by atoms with E-state index < -0.39 is 0 Å². The summed E-state index contributed by atoms with van der Waals surface area (Å²) in [5.41, 5.74) is 0.656. The van der Waals surface area contributed by atoms with Crippen molar-refractivity contribution in [1.82, 2.24) is 19.6 Å². The van der Waals surface area contributed by atoms with Crippen LogP contribution < -0.4 is 5.56 Å². The summed E-state index contributed by atoms with van der Waals surface area (Å²) in [5, 5.41) is 4.55. The van der Waals surface area contributed by atoms with E-state index in [2.05, 4.69) is 25.9 Å². The molecule has 2 aliphatic rings. The molecule has 1 atom stereocenters. The molecule has 138 valence electrons. The predicted molar refractivity (Wildman–Crippen MR) is 94.7 cm³/mol. The molecule has 0 spiro atoms. The Labute approximate surface area is 148 Å². The Morgan fingerprint density at radius 1 is 1.24 bits per heavy atom. The number of carbonyl (C=O) groups excluding carboxylic acids is 1. The highest BCUT2D eigenvalue weighted by atomic mass is 16.5. The van der Waals surface area contributed by atoms with Crippen molar-refractivity contribution in [3.63, 3.8) is 0 Å². The third-order valence-electron chi connectivity index (χ3n) is 4.92. The summed E-state index contributed by atoms with van der Waals surface area (Å²) >= 11 is 0. The van der Waals surface area contributed by atoms with E-state index in [1.54, 1.807) is 12.1 Å². The average Bonchev–Trinajstić information content (AvgIpc) is 3.04. The molecule has 0 saturated carbocycles. The van der Waals surface area contributed by atoms with Crippen LogP contribution in [0.5, 0.6) is 0 Å². The number of aromatic nitrogens is 2. The molecule has 7 nitrogen and oxygen atoms in total. The Morgan fingerprint density at radius 2 is 1.96 bits per heavy atom. The van der Waals surface area contributed by atoms with Gasteiger partial charge in [0.25, 0.3) is 5.56 Å². The highest BCUT2D eigenvalue weighted by Crippen LogP contribution is 2.22. The maximum Gasteiger partial charge on any atom is 0.320 e. The van der Waals surface area contributed by atoms with Gasteiger partial charge in [-0.05, 0) is 18.9 Å². The number of urea groups is 1. The molecule has 1 unspecified atom stereocenters. The van der Waals surface area contributed by atoms with Crippen LogP contribution >= 0.6 is 0 Å². The predicted octanol–water partition coefficient (Wildman–Crippen LogP) is 1.46. The summed E-state index contributed by atoms with van der Waals surface area (Å²) in [6.45, 7) is 9.90. The number of carbonyl (C=O) groups is 1. The maximum atomic E-state index is 12.8. The molecular weight excluding hydrogens is 320 g/mol. The van der Waals surface area contributed by atoms with Gasteiger partial charge < -0.3 is 14.5 Å². The average molecular weight is 348 g/mol. The van der Waals surface area contributed by atoms with E-state index in [1.807, 2.05) is 9.80 Å². The van der Waals surface area contributed by atoms with Crippen LogP contribution in [0, 0.1) is 0 Å². The van der Waals surface area contributed by atoms with E-state index >= 15 is 0 Å². The SMILES string of the molecule is CC(C)(C)c1ccc(=O)n(CC2CCCN2C(=O)N2CCOCC2)n1. The van der Waals surface area contributed by atoms with Crippen molar-refractivity contribution in [3.05, 3.63) is 28.2 Å². The van der Waals surface area contributed by atoms with Crippen LogP contribution in [0.25, 0.3) is 0 Å². The van der Waals surface area contributed by atoms with Gasteiger partial charge in [-0.15, -0.1) is 0 Å². The van der Waals surface area contributed by atoms with E-state index in [-0.39, 0.29) is 23.0 Å². The summed E-state index contributed by atoms with van der Waals surface area (Å²) in [4.78, 5) is 28.8. The van der Waals surface area contributed by atoms with Gasteiger partial charge in [-0.3, -0.25) is 4.79 Å². The van der Waals surface area contributed by atoms with E-state index in [1.165, 1.54) is 4.68 Å². The first-order valence-electron chi connectivity index (χ1n) is 9.08. The molecule has 2 fully saturated rings. The summed E-state index contributed by atoms with van der Waals surface area (Å²) in [6.07, 6.45) is 1.87. The first-order chi connectivity index (χ1) is 11.9. The van der Waals surface area contributed by atoms with Crippen LogP contribution in [0.3, 0.4) is 0 Å². The lowest BCUT2D eigenvalue weighted by atomic mass is 9.92. The minimum Gasteiger partial charge on any atom is -0.378 e. The Balaban J connectivity index is 1.75. The second-order valence-electron chi connectivity index (χ2n) is 7.86. The number of morpholine rings is 1. The highest BCUT2D eigenvalue weighted by molar-refractivity contribution is 5.75. The maximum absolute atomic E-state index is 12.8. The first-order valence-corrected chi connectivity index (χ1v) is 9.08. The van der Waals surface area contributed by atoms with Gasteiger partial charge in [0.05, 0.1) is 31.5 Å².